The van der Waals surface area contributed by atoms with E-state index >= 15 is 0 Å². The summed E-state index contributed by atoms with van der Waals surface area (Å²) < 4.78 is 0. The number of carboxylic acids is 1. The van der Waals surface area contributed by atoms with Crippen LogP contribution in [-0.2, 0) is 4.79 Å². The molecule has 0 aromatic carbocycles. The number of amides is 2. The van der Waals surface area contributed by atoms with Gasteiger partial charge in [-0.2, -0.15) is 5.10 Å². The quantitative estimate of drug-likeness (QED) is 0.430. The Morgan fingerprint density at radius 1 is 1.62 bits per heavy atom. The van der Waals surface area contributed by atoms with Gasteiger partial charge in [0.05, 0.1) is 5.92 Å². The smallest absolute Gasteiger partial charge is 0.332 e. The summed E-state index contributed by atoms with van der Waals surface area (Å²) in [5.41, 5.74) is 7.30. The van der Waals surface area contributed by atoms with Gasteiger partial charge in [0.25, 0.3) is 0 Å². The Balaban J connectivity index is 3.98. The zero-order valence-electron chi connectivity index (χ0n) is 7.57. The van der Waals surface area contributed by atoms with Crippen LogP contribution in [0.5, 0.6) is 0 Å². The molecule has 0 radical (unpaired) electrons. The zero-order chi connectivity index (χ0) is 10.4. The fraction of sp³-hybridized carbons (Fsp3) is 0.571. The van der Waals surface area contributed by atoms with Crippen molar-refractivity contribution in [3.05, 3.63) is 0 Å². The van der Waals surface area contributed by atoms with Gasteiger partial charge in [-0.3, -0.25) is 4.79 Å². The van der Waals surface area contributed by atoms with E-state index in [0.29, 0.717) is 5.71 Å². The molecule has 0 aliphatic heterocycles. The molecule has 6 nitrogen and oxygen atoms in total. The Kier molecular flexibility index (Phi) is 4.50. The van der Waals surface area contributed by atoms with Crippen molar-refractivity contribution in [2.45, 2.75) is 20.3 Å². The lowest BCUT2D eigenvalue weighted by molar-refractivity contribution is -0.140. The van der Waals surface area contributed by atoms with Crippen molar-refractivity contribution in [3.8, 4) is 0 Å². The van der Waals surface area contributed by atoms with Gasteiger partial charge in [-0.1, -0.05) is 6.92 Å². The molecule has 0 saturated heterocycles. The number of carbonyl (C=O) groups excluding carboxylic acids is 1. The van der Waals surface area contributed by atoms with Crippen LogP contribution in [0.3, 0.4) is 0 Å². The minimum absolute atomic E-state index is 0.287. The van der Waals surface area contributed by atoms with Crippen molar-refractivity contribution >= 4 is 17.7 Å². The first kappa shape index (κ1) is 11.4. The predicted octanol–water partition coefficient (Wildman–Crippen LogP) is 0.141. The molecule has 2 amide bonds. The van der Waals surface area contributed by atoms with Crippen LogP contribution in [0.1, 0.15) is 20.3 Å². The first-order valence-corrected chi connectivity index (χ1v) is 3.75. The summed E-state index contributed by atoms with van der Waals surface area (Å²) in [6.45, 7) is 3.18. The normalized spacial score (nSPS) is 13.5. The van der Waals surface area contributed by atoms with Crippen LogP contribution >= 0.6 is 0 Å². The van der Waals surface area contributed by atoms with E-state index in [0.717, 1.165) is 0 Å². The molecule has 0 rings (SSSR count). The fourth-order valence-corrected chi connectivity index (χ4v) is 0.727. The molecule has 0 saturated carbocycles. The molecule has 0 aliphatic rings. The first-order valence-electron chi connectivity index (χ1n) is 3.75. The third-order valence-corrected chi connectivity index (χ3v) is 1.38. The molecule has 0 heterocycles. The number of rotatable bonds is 4. The standard InChI is InChI=1S/C7H13N3O3/c1-4(6(11)12)3-5(2)9-10-7(8)13/h4H,3H2,1-2H3,(H,11,12)(H3,8,10,13)/b9-5-. The number of primary amides is 1. The third-order valence-electron chi connectivity index (χ3n) is 1.38. The predicted molar refractivity (Wildman–Crippen MR) is 47.2 cm³/mol. The summed E-state index contributed by atoms with van der Waals surface area (Å²) in [5, 5.41) is 12.1. The summed E-state index contributed by atoms with van der Waals surface area (Å²) in [6, 6.07) is -0.762. The van der Waals surface area contributed by atoms with Crippen LogP contribution in [0.25, 0.3) is 0 Å². The van der Waals surface area contributed by atoms with Gasteiger partial charge < -0.3 is 10.8 Å². The number of nitrogens with zero attached hydrogens (tertiary/aromatic N) is 1. The molecule has 1 atom stereocenters. The van der Waals surface area contributed by atoms with Crippen LogP contribution in [0, 0.1) is 5.92 Å². The third kappa shape index (κ3) is 5.66. The number of urea groups is 1. The number of carboxylic acid groups (broad SMARTS) is 1. The number of hydrogen-bond donors (Lipinski definition) is 3. The van der Waals surface area contributed by atoms with Crippen LogP contribution in [0.15, 0.2) is 5.10 Å². The van der Waals surface area contributed by atoms with Gasteiger partial charge in [-0.25, -0.2) is 10.2 Å². The van der Waals surface area contributed by atoms with Crippen molar-refractivity contribution in [3.63, 3.8) is 0 Å². The van der Waals surface area contributed by atoms with Gasteiger partial charge in [0.2, 0.25) is 0 Å². The molecule has 0 spiro atoms. The van der Waals surface area contributed by atoms with E-state index < -0.39 is 17.9 Å². The minimum Gasteiger partial charge on any atom is -0.481 e. The zero-order valence-corrected chi connectivity index (χ0v) is 7.57. The summed E-state index contributed by atoms with van der Waals surface area (Å²) in [6.07, 6.45) is 0.287. The first-order chi connectivity index (χ1) is 5.93. The highest BCUT2D eigenvalue weighted by molar-refractivity contribution is 5.87. The summed E-state index contributed by atoms with van der Waals surface area (Å²) in [5.74, 6) is -1.41. The average Bonchev–Trinajstić information content (AvgIpc) is 2.00. The molecule has 6 heteroatoms. The van der Waals surface area contributed by atoms with E-state index in [-0.39, 0.29) is 6.42 Å². The van der Waals surface area contributed by atoms with Crippen molar-refractivity contribution in [1.29, 1.82) is 0 Å². The van der Waals surface area contributed by atoms with Crippen molar-refractivity contribution in [2.75, 3.05) is 0 Å². The van der Waals surface area contributed by atoms with E-state index in [1.807, 2.05) is 5.43 Å². The van der Waals surface area contributed by atoms with Crippen molar-refractivity contribution < 1.29 is 14.7 Å². The highest BCUT2D eigenvalue weighted by Crippen LogP contribution is 2.02. The topological polar surface area (TPSA) is 105 Å². The average molecular weight is 187 g/mol. The summed E-state index contributed by atoms with van der Waals surface area (Å²) in [4.78, 5) is 20.6. The Bertz CT molecular complexity index is 237. The second-order valence-corrected chi connectivity index (χ2v) is 2.77. The maximum atomic E-state index is 10.4. The minimum atomic E-state index is -0.895. The lowest BCUT2D eigenvalue weighted by Crippen LogP contribution is -2.26. The van der Waals surface area contributed by atoms with Gasteiger partial charge in [0.15, 0.2) is 0 Å². The number of hydrogen-bond acceptors (Lipinski definition) is 3. The van der Waals surface area contributed by atoms with Crippen LogP contribution in [0.2, 0.25) is 0 Å². The highest BCUT2D eigenvalue weighted by atomic mass is 16.4. The molecule has 0 bridgehead atoms. The molecule has 0 aliphatic carbocycles. The van der Waals surface area contributed by atoms with Gasteiger partial charge in [0, 0.05) is 12.1 Å². The molecule has 0 aromatic rings. The van der Waals surface area contributed by atoms with E-state index in [2.05, 4.69) is 5.10 Å². The van der Waals surface area contributed by atoms with Crippen LogP contribution < -0.4 is 11.2 Å². The summed E-state index contributed by atoms with van der Waals surface area (Å²) in [7, 11) is 0. The Labute approximate surface area is 75.8 Å². The Hall–Kier alpha value is -1.59. The number of nitrogens with one attached hydrogen (secondary N) is 1. The van der Waals surface area contributed by atoms with Crippen molar-refractivity contribution in [1.82, 2.24) is 5.43 Å². The van der Waals surface area contributed by atoms with Gasteiger partial charge in [-0.05, 0) is 6.92 Å². The van der Waals surface area contributed by atoms with Gasteiger partial charge >= 0.3 is 12.0 Å². The second-order valence-electron chi connectivity index (χ2n) is 2.77. The molecular formula is C7H13N3O3. The SMILES string of the molecule is C/C(CC(C)C(=O)O)=N/NC(N)=O. The molecule has 1 unspecified atom stereocenters. The van der Waals surface area contributed by atoms with Crippen molar-refractivity contribution in [2.24, 2.45) is 16.8 Å². The molecule has 0 aromatic heterocycles. The monoisotopic (exact) mass is 187 g/mol. The lowest BCUT2D eigenvalue weighted by atomic mass is 10.1. The molecule has 4 N–H and O–H groups in total. The number of hydrazone groups is 1. The second kappa shape index (κ2) is 5.13. The molecule has 0 fully saturated rings. The number of aliphatic carboxylic acids is 1. The van der Waals surface area contributed by atoms with Gasteiger partial charge in [-0.15, -0.1) is 0 Å². The van der Waals surface area contributed by atoms with Crippen LogP contribution in [0.4, 0.5) is 4.79 Å². The van der Waals surface area contributed by atoms with E-state index in [9.17, 15) is 9.59 Å². The van der Waals surface area contributed by atoms with E-state index in [4.69, 9.17) is 10.8 Å². The Morgan fingerprint density at radius 2 is 2.15 bits per heavy atom. The van der Waals surface area contributed by atoms with E-state index in [1.165, 1.54) is 0 Å². The maximum absolute atomic E-state index is 10.4. The molecular weight excluding hydrogens is 174 g/mol. The Morgan fingerprint density at radius 3 is 2.54 bits per heavy atom. The molecule has 13 heavy (non-hydrogen) atoms. The largest absolute Gasteiger partial charge is 0.481 e. The molecule has 74 valence electrons. The number of carbonyl (C=O) groups is 2. The van der Waals surface area contributed by atoms with Gasteiger partial charge in [0.1, 0.15) is 0 Å². The van der Waals surface area contributed by atoms with Crippen LogP contribution in [-0.4, -0.2) is 22.8 Å². The van der Waals surface area contributed by atoms with E-state index in [1.54, 1.807) is 13.8 Å². The lowest BCUT2D eigenvalue weighted by Gasteiger charge is -2.04. The fourth-order valence-electron chi connectivity index (χ4n) is 0.727. The summed E-state index contributed by atoms with van der Waals surface area (Å²) >= 11 is 0. The highest BCUT2D eigenvalue weighted by Gasteiger charge is 2.11. The maximum Gasteiger partial charge on any atom is 0.332 e. The number of nitrogens with two attached hydrogens (primary N) is 1.